The second-order valence-electron chi connectivity index (χ2n) is 5.64. The molecule has 0 fully saturated rings. The fraction of sp³-hybridized carbons (Fsp3) is 0.263. The van der Waals surface area contributed by atoms with Gasteiger partial charge in [0.1, 0.15) is 0 Å². The van der Waals surface area contributed by atoms with Gasteiger partial charge in [0.05, 0.1) is 0 Å². The normalized spacial score (nSPS) is 12.3. The number of thiophene rings is 1. The molecule has 0 bridgehead atoms. The summed E-state index contributed by atoms with van der Waals surface area (Å²) in [5.74, 6) is -0.828. The van der Waals surface area contributed by atoms with Crippen molar-refractivity contribution in [2.45, 2.75) is 32.9 Å². The quantitative estimate of drug-likeness (QED) is 0.639. The fourth-order valence-corrected chi connectivity index (χ4v) is 2.94. The standard InChI is InChI=1S/C19H21NO3S/c1-13(2)20-19(22)14(3)23-18(21)12-10-16-9-11-17(24-16)15-7-5-4-6-8-15/h4-14H,1-3H3,(H,20,22)/b12-10+/t14-/m1/s1. The van der Waals surface area contributed by atoms with Crippen molar-refractivity contribution in [1.82, 2.24) is 5.32 Å². The predicted molar refractivity (Wildman–Crippen MR) is 97.6 cm³/mol. The van der Waals surface area contributed by atoms with Gasteiger partial charge in [-0.15, -0.1) is 11.3 Å². The molecule has 0 aliphatic rings. The second kappa shape index (κ2) is 8.45. The molecule has 1 atom stereocenters. The summed E-state index contributed by atoms with van der Waals surface area (Å²) in [4.78, 5) is 25.6. The van der Waals surface area contributed by atoms with E-state index in [4.69, 9.17) is 4.74 Å². The van der Waals surface area contributed by atoms with Crippen molar-refractivity contribution in [2.75, 3.05) is 0 Å². The number of carbonyl (C=O) groups excluding carboxylic acids is 2. The monoisotopic (exact) mass is 343 g/mol. The maximum absolute atomic E-state index is 11.8. The average molecular weight is 343 g/mol. The van der Waals surface area contributed by atoms with E-state index in [-0.39, 0.29) is 11.9 Å². The minimum absolute atomic E-state index is 0.0109. The molecule has 0 spiro atoms. The van der Waals surface area contributed by atoms with Crippen LogP contribution in [0.2, 0.25) is 0 Å². The lowest BCUT2D eigenvalue weighted by atomic mass is 10.2. The highest BCUT2D eigenvalue weighted by Crippen LogP contribution is 2.28. The fourth-order valence-electron chi connectivity index (χ4n) is 2.02. The molecule has 1 aromatic carbocycles. The van der Waals surface area contributed by atoms with Gasteiger partial charge in [0.25, 0.3) is 5.91 Å². The summed E-state index contributed by atoms with van der Waals surface area (Å²) >= 11 is 1.59. The Morgan fingerprint density at radius 1 is 1.08 bits per heavy atom. The lowest BCUT2D eigenvalue weighted by Crippen LogP contribution is -2.39. The zero-order chi connectivity index (χ0) is 17.5. The molecule has 2 aromatic rings. The molecule has 0 radical (unpaired) electrons. The zero-order valence-corrected chi connectivity index (χ0v) is 14.8. The molecule has 0 unspecified atom stereocenters. The highest BCUT2D eigenvalue weighted by Gasteiger charge is 2.16. The van der Waals surface area contributed by atoms with Gasteiger partial charge in [-0.2, -0.15) is 0 Å². The van der Waals surface area contributed by atoms with E-state index in [1.807, 2.05) is 56.3 Å². The zero-order valence-electron chi connectivity index (χ0n) is 14.0. The first-order valence-corrected chi connectivity index (χ1v) is 8.61. The van der Waals surface area contributed by atoms with Gasteiger partial charge in [0, 0.05) is 21.9 Å². The van der Waals surface area contributed by atoms with Gasteiger partial charge < -0.3 is 10.1 Å². The molecule has 2 rings (SSSR count). The van der Waals surface area contributed by atoms with Crippen molar-refractivity contribution in [2.24, 2.45) is 0 Å². The van der Waals surface area contributed by atoms with Crippen LogP contribution >= 0.6 is 11.3 Å². The first-order chi connectivity index (χ1) is 11.5. The minimum Gasteiger partial charge on any atom is -0.449 e. The lowest BCUT2D eigenvalue weighted by molar-refractivity contribution is -0.150. The molecule has 24 heavy (non-hydrogen) atoms. The third-order valence-corrected chi connectivity index (χ3v) is 4.26. The number of hydrogen-bond acceptors (Lipinski definition) is 4. The van der Waals surface area contributed by atoms with Crippen LogP contribution in [0.1, 0.15) is 25.6 Å². The second-order valence-corrected chi connectivity index (χ2v) is 6.76. The summed E-state index contributed by atoms with van der Waals surface area (Å²) in [6.45, 7) is 5.27. The topological polar surface area (TPSA) is 55.4 Å². The van der Waals surface area contributed by atoms with Crippen molar-refractivity contribution in [3.63, 3.8) is 0 Å². The van der Waals surface area contributed by atoms with E-state index < -0.39 is 12.1 Å². The maximum atomic E-state index is 11.8. The number of nitrogens with one attached hydrogen (secondary N) is 1. The number of hydrogen-bond donors (Lipinski definition) is 1. The highest BCUT2D eigenvalue weighted by atomic mass is 32.1. The van der Waals surface area contributed by atoms with Crippen LogP contribution in [-0.2, 0) is 14.3 Å². The van der Waals surface area contributed by atoms with Crippen LogP contribution in [0.5, 0.6) is 0 Å². The molecule has 1 heterocycles. The smallest absolute Gasteiger partial charge is 0.331 e. The van der Waals surface area contributed by atoms with E-state index in [2.05, 4.69) is 5.32 Å². The Balaban J connectivity index is 1.92. The third kappa shape index (κ3) is 5.35. The number of amides is 1. The van der Waals surface area contributed by atoms with Gasteiger partial charge in [-0.05, 0) is 44.5 Å². The molecule has 1 amide bonds. The lowest BCUT2D eigenvalue weighted by Gasteiger charge is -2.14. The number of ether oxygens (including phenoxy) is 1. The molecule has 126 valence electrons. The van der Waals surface area contributed by atoms with Gasteiger partial charge in [-0.25, -0.2) is 4.79 Å². The van der Waals surface area contributed by atoms with E-state index in [1.54, 1.807) is 24.3 Å². The molecule has 0 saturated carbocycles. The van der Waals surface area contributed by atoms with Crippen LogP contribution in [0, 0.1) is 0 Å². The molecular formula is C19H21NO3S. The Hall–Kier alpha value is -2.40. The summed E-state index contributed by atoms with van der Waals surface area (Å²) in [6, 6.07) is 14.0. The summed E-state index contributed by atoms with van der Waals surface area (Å²) in [6.07, 6.45) is 2.24. The van der Waals surface area contributed by atoms with E-state index in [9.17, 15) is 9.59 Å². The SMILES string of the molecule is CC(C)NC(=O)[C@@H](C)OC(=O)/C=C/c1ccc(-c2ccccc2)s1. The molecule has 0 aliphatic carbocycles. The van der Waals surface area contributed by atoms with Crippen molar-refractivity contribution in [3.8, 4) is 10.4 Å². The number of esters is 1. The van der Waals surface area contributed by atoms with Crippen molar-refractivity contribution >= 4 is 29.3 Å². The first-order valence-electron chi connectivity index (χ1n) is 7.80. The van der Waals surface area contributed by atoms with Crippen molar-refractivity contribution in [1.29, 1.82) is 0 Å². The van der Waals surface area contributed by atoms with Crippen LogP contribution in [-0.4, -0.2) is 24.0 Å². The highest BCUT2D eigenvalue weighted by molar-refractivity contribution is 7.16. The largest absolute Gasteiger partial charge is 0.449 e. The van der Waals surface area contributed by atoms with Crippen LogP contribution in [0.15, 0.2) is 48.5 Å². The molecule has 5 heteroatoms. The van der Waals surface area contributed by atoms with Crippen LogP contribution in [0.3, 0.4) is 0 Å². The molecule has 1 aromatic heterocycles. The predicted octanol–water partition coefficient (Wildman–Crippen LogP) is 3.88. The summed E-state index contributed by atoms with van der Waals surface area (Å²) < 4.78 is 5.09. The Kier molecular flexibility index (Phi) is 6.32. The number of benzene rings is 1. The summed E-state index contributed by atoms with van der Waals surface area (Å²) in [5, 5.41) is 2.70. The molecule has 1 N–H and O–H groups in total. The minimum atomic E-state index is -0.812. The average Bonchev–Trinajstić information content (AvgIpc) is 3.02. The Morgan fingerprint density at radius 3 is 2.46 bits per heavy atom. The van der Waals surface area contributed by atoms with Crippen LogP contribution < -0.4 is 5.32 Å². The van der Waals surface area contributed by atoms with E-state index in [0.29, 0.717) is 0 Å². The number of carbonyl (C=O) groups is 2. The number of rotatable bonds is 6. The van der Waals surface area contributed by atoms with E-state index >= 15 is 0 Å². The van der Waals surface area contributed by atoms with Crippen LogP contribution in [0.25, 0.3) is 16.5 Å². The van der Waals surface area contributed by atoms with E-state index in [1.165, 1.54) is 6.08 Å². The molecule has 4 nitrogen and oxygen atoms in total. The Bertz CT molecular complexity index is 719. The van der Waals surface area contributed by atoms with Crippen LogP contribution in [0.4, 0.5) is 0 Å². The first kappa shape index (κ1) is 17.9. The van der Waals surface area contributed by atoms with Crippen molar-refractivity contribution in [3.05, 3.63) is 53.4 Å². The van der Waals surface area contributed by atoms with Gasteiger partial charge in [0.15, 0.2) is 6.10 Å². The molecule has 0 saturated heterocycles. The van der Waals surface area contributed by atoms with Gasteiger partial charge in [-0.1, -0.05) is 30.3 Å². The van der Waals surface area contributed by atoms with Crippen molar-refractivity contribution < 1.29 is 14.3 Å². The molecular weight excluding hydrogens is 322 g/mol. The Labute approximate surface area is 146 Å². The van der Waals surface area contributed by atoms with Gasteiger partial charge in [-0.3, -0.25) is 4.79 Å². The summed E-state index contributed by atoms with van der Waals surface area (Å²) in [7, 11) is 0. The van der Waals surface area contributed by atoms with E-state index in [0.717, 1.165) is 15.3 Å². The third-order valence-electron chi connectivity index (χ3n) is 3.16. The van der Waals surface area contributed by atoms with Gasteiger partial charge in [0.2, 0.25) is 0 Å². The molecule has 0 aliphatic heterocycles. The van der Waals surface area contributed by atoms with Gasteiger partial charge >= 0.3 is 5.97 Å². The summed E-state index contributed by atoms with van der Waals surface area (Å²) in [5.41, 5.74) is 1.14. The maximum Gasteiger partial charge on any atom is 0.331 e. The Morgan fingerprint density at radius 2 is 1.79 bits per heavy atom.